The lowest BCUT2D eigenvalue weighted by Crippen LogP contribution is -2.02. The molecule has 0 saturated carbocycles. The van der Waals surface area contributed by atoms with E-state index in [0.717, 1.165) is 24.7 Å². The molecule has 0 bridgehead atoms. The topological polar surface area (TPSA) is 42.2 Å². The molecule has 164 valence electrons. The van der Waals surface area contributed by atoms with Crippen LogP contribution >= 0.6 is 38.5 Å². The molecule has 0 atom stereocenters. The number of hydrogen-bond acceptors (Lipinski definition) is 3. The summed E-state index contributed by atoms with van der Waals surface area (Å²) in [5.41, 5.74) is 3.47. The smallest absolute Gasteiger partial charge is 0.175 e. The number of nitriles is 1. The number of nitrogens with zero attached hydrogens (tertiary/aromatic N) is 1. The summed E-state index contributed by atoms with van der Waals surface area (Å²) in [5.74, 6) is 1.38. The maximum Gasteiger partial charge on any atom is 0.175 e. The van der Waals surface area contributed by atoms with Gasteiger partial charge in [0, 0.05) is 4.47 Å². The molecule has 0 aliphatic heterocycles. The minimum Gasteiger partial charge on any atom is -0.490 e. The molecule has 0 aliphatic carbocycles. The van der Waals surface area contributed by atoms with Crippen molar-refractivity contribution in [1.82, 2.24) is 0 Å². The molecule has 4 aromatic carbocycles. The first-order valence-corrected chi connectivity index (χ1v) is 12.4. The first kappa shape index (κ1) is 23.3. The van der Waals surface area contributed by atoms with E-state index in [1.807, 2.05) is 61.5 Å². The Kier molecular flexibility index (Phi) is 7.69. The van der Waals surface area contributed by atoms with Crippen molar-refractivity contribution < 1.29 is 9.47 Å². The van der Waals surface area contributed by atoms with E-state index in [0.29, 0.717) is 30.3 Å². The molecule has 33 heavy (non-hydrogen) atoms. The predicted octanol–water partition coefficient (Wildman–Crippen LogP) is 8.25. The Labute approximate surface area is 215 Å². The number of allylic oxidation sites excluding steroid dienone is 1. The predicted molar refractivity (Wildman–Crippen MR) is 146 cm³/mol. The summed E-state index contributed by atoms with van der Waals surface area (Å²) < 4.78 is 14.1. The van der Waals surface area contributed by atoms with Crippen molar-refractivity contribution in [1.29, 1.82) is 5.26 Å². The monoisotopic (exact) mass is 609 g/mol. The second kappa shape index (κ2) is 10.9. The molecule has 0 aromatic heterocycles. The summed E-state index contributed by atoms with van der Waals surface area (Å²) >= 11 is 5.71. The molecule has 3 nitrogen and oxygen atoms in total. The average Bonchev–Trinajstić information content (AvgIpc) is 2.83. The highest BCUT2D eigenvalue weighted by Crippen LogP contribution is 2.36. The minimum absolute atomic E-state index is 0.439. The van der Waals surface area contributed by atoms with Gasteiger partial charge in [-0.3, -0.25) is 0 Å². The van der Waals surface area contributed by atoms with Crippen LogP contribution in [-0.4, -0.2) is 6.61 Å². The van der Waals surface area contributed by atoms with Crippen molar-refractivity contribution in [3.8, 4) is 17.6 Å². The van der Waals surface area contributed by atoms with Gasteiger partial charge in [0.2, 0.25) is 0 Å². The Morgan fingerprint density at radius 2 is 1.76 bits per heavy atom. The van der Waals surface area contributed by atoms with Crippen LogP contribution in [-0.2, 0) is 6.61 Å². The fraction of sp³-hybridized carbons (Fsp3) is 0.107. The Balaban J connectivity index is 1.65. The Hall–Kier alpha value is -2.82. The lowest BCUT2D eigenvalue weighted by Gasteiger charge is -2.16. The van der Waals surface area contributed by atoms with Gasteiger partial charge in [0.1, 0.15) is 6.61 Å². The summed E-state index contributed by atoms with van der Waals surface area (Å²) in [5, 5.41) is 12.1. The summed E-state index contributed by atoms with van der Waals surface area (Å²) in [7, 11) is 0. The van der Waals surface area contributed by atoms with Crippen molar-refractivity contribution in [2.45, 2.75) is 13.5 Å². The fourth-order valence-corrected chi connectivity index (χ4v) is 4.66. The highest BCUT2D eigenvalue weighted by Gasteiger charge is 2.14. The molecule has 0 fully saturated rings. The van der Waals surface area contributed by atoms with Crippen LogP contribution in [0.15, 0.2) is 83.3 Å². The van der Waals surface area contributed by atoms with Gasteiger partial charge in [-0.1, -0.05) is 70.5 Å². The Morgan fingerprint density at radius 3 is 2.52 bits per heavy atom. The third-order valence-corrected chi connectivity index (χ3v) is 6.50. The molecule has 0 saturated heterocycles. The molecule has 5 heteroatoms. The first-order valence-electron chi connectivity index (χ1n) is 10.5. The van der Waals surface area contributed by atoms with Gasteiger partial charge in [-0.15, -0.1) is 0 Å². The van der Waals surface area contributed by atoms with Crippen LogP contribution in [0.5, 0.6) is 11.5 Å². The average molecular weight is 610 g/mol. The molecule has 0 heterocycles. The van der Waals surface area contributed by atoms with Crippen LogP contribution in [0.2, 0.25) is 0 Å². The number of rotatable bonds is 7. The largest absolute Gasteiger partial charge is 0.490 e. The van der Waals surface area contributed by atoms with E-state index in [4.69, 9.17) is 9.47 Å². The minimum atomic E-state index is 0.439. The quantitative estimate of drug-likeness (QED) is 0.120. The lowest BCUT2D eigenvalue weighted by molar-refractivity contribution is 0.268. The number of hydrogen-bond donors (Lipinski definition) is 0. The van der Waals surface area contributed by atoms with Crippen LogP contribution in [0, 0.1) is 14.9 Å². The normalized spacial score (nSPS) is 11.3. The van der Waals surface area contributed by atoms with Crippen molar-refractivity contribution in [3.63, 3.8) is 0 Å². The molecular formula is C28H21BrINO2. The SMILES string of the molecule is CCOc1cc(/C=C(/C#N)c2ccc(Br)cc2)cc(I)c1OCc1cccc2ccccc12. The molecular weight excluding hydrogens is 589 g/mol. The van der Waals surface area contributed by atoms with E-state index in [1.165, 1.54) is 10.8 Å². The molecule has 0 spiro atoms. The van der Waals surface area contributed by atoms with Gasteiger partial charge in [-0.25, -0.2) is 0 Å². The van der Waals surface area contributed by atoms with E-state index in [2.05, 4.69) is 74.9 Å². The third-order valence-electron chi connectivity index (χ3n) is 5.17. The summed E-state index contributed by atoms with van der Waals surface area (Å²) in [6, 6.07) is 28.5. The van der Waals surface area contributed by atoms with Gasteiger partial charge in [-0.05, 0) is 87.3 Å². The number of halogens is 2. The zero-order chi connectivity index (χ0) is 23.2. The van der Waals surface area contributed by atoms with Crippen molar-refractivity contribution in [2.75, 3.05) is 6.61 Å². The van der Waals surface area contributed by atoms with E-state index >= 15 is 0 Å². The van der Waals surface area contributed by atoms with Gasteiger partial charge in [0.15, 0.2) is 11.5 Å². The maximum absolute atomic E-state index is 9.72. The second-order valence-electron chi connectivity index (χ2n) is 7.37. The van der Waals surface area contributed by atoms with Gasteiger partial charge in [0.25, 0.3) is 0 Å². The van der Waals surface area contributed by atoms with E-state index in [9.17, 15) is 5.26 Å². The fourth-order valence-electron chi connectivity index (χ4n) is 3.62. The second-order valence-corrected chi connectivity index (χ2v) is 9.44. The van der Waals surface area contributed by atoms with E-state index in [-0.39, 0.29) is 0 Å². The van der Waals surface area contributed by atoms with E-state index in [1.54, 1.807) is 0 Å². The first-order chi connectivity index (χ1) is 16.1. The Morgan fingerprint density at radius 1 is 1.00 bits per heavy atom. The van der Waals surface area contributed by atoms with Crippen molar-refractivity contribution in [2.24, 2.45) is 0 Å². The lowest BCUT2D eigenvalue weighted by atomic mass is 10.0. The van der Waals surface area contributed by atoms with Crippen LogP contribution in [0.25, 0.3) is 22.4 Å². The van der Waals surface area contributed by atoms with Gasteiger partial charge < -0.3 is 9.47 Å². The number of benzene rings is 4. The molecule has 0 unspecified atom stereocenters. The highest BCUT2D eigenvalue weighted by atomic mass is 127. The van der Waals surface area contributed by atoms with Crippen LogP contribution < -0.4 is 9.47 Å². The molecule has 0 aliphatic rings. The van der Waals surface area contributed by atoms with Gasteiger partial charge in [-0.2, -0.15) is 5.26 Å². The van der Waals surface area contributed by atoms with E-state index < -0.39 is 0 Å². The Bertz CT molecular complexity index is 1350. The zero-order valence-electron chi connectivity index (χ0n) is 18.0. The maximum atomic E-state index is 9.72. The highest BCUT2D eigenvalue weighted by molar-refractivity contribution is 14.1. The molecule has 0 radical (unpaired) electrons. The third kappa shape index (κ3) is 5.58. The van der Waals surface area contributed by atoms with Crippen molar-refractivity contribution in [3.05, 3.63) is 104 Å². The number of ether oxygens (including phenoxy) is 2. The van der Waals surface area contributed by atoms with Crippen LogP contribution in [0.4, 0.5) is 0 Å². The van der Waals surface area contributed by atoms with Gasteiger partial charge >= 0.3 is 0 Å². The van der Waals surface area contributed by atoms with Gasteiger partial charge in [0.05, 0.1) is 21.8 Å². The molecule has 0 amide bonds. The van der Waals surface area contributed by atoms with Crippen LogP contribution in [0.1, 0.15) is 23.6 Å². The molecule has 4 aromatic rings. The molecule has 4 rings (SSSR count). The standard InChI is InChI=1S/C28H21BrINO2/c1-2-32-27-16-19(14-23(17-31)20-10-12-24(29)13-11-20)15-26(30)28(27)33-18-22-8-5-7-21-6-3-4-9-25(21)22/h3-16H,2,18H2,1H3/b23-14-. The van der Waals surface area contributed by atoms with Crippen molar-refractivity contribution >= 4 is 60.9 Å². The zero-order valence-corrected chi connectivity index (χ0v) is 21.8. The summed E-state index contributed by atoms with van der Waals surface area (Å²) in [6.45, 7) is 2.91. The summed E-state index contributed by atoms with van der Waals surface area (Å²) in [6.07, 6.45) is 1.88. The summed E-state index contributed by atoms with van der Waals surface area (Å²) in [4.78, 5) is 0. The van der Waals surface area contributed by atoms with Crippen LogP contribution in [0.3, 0.4) is 0 Å². The number of fused-ring (bicyclic) bond motifs is 1. The molecule has 0 N–H and O–H groups in total.